The molecule has 1 aliphatic rings. The van der Waals surface area contributed by atoms with Crippen LogP contribution >= 0.6 is 0 Å². The number of carbonyl (C=O) groups is 1. The van der Waals surface area contributed by atoms with Crippen LogP contribution in [0.4, 0.5) is 19.0 Å². The lowest BCUT2D eigenvalue weighted by atomic mass is 10.1. The van der Waals surface area contributed by atoms with Crippen molar-refractivity contribution in [2.75, 3.05) is 5.32 Å². The topological polar surface area (TPSA) is 64.7 Å². The Kier molecular flexibility index (Phi) is 4.10. The van der Waals surface area contributed by atoms with E-state index in [0.29, 0.717) is 11.5 Å². The van der Waals surface area contributed by atoms with Gasteiger partial charge in [-0.25, -0.2) is 0 Å². The van der Waals surface area contributed by atoms with Gasteiger partial charge in [0.2, 0.25) is 5.91 Å². The summed E-state index contributed by atoms with van der Waals surface area (Å²) in [6.07, 6.45) is -1.07. The smallest absolute Gasteiger partial charge is 0.309 e. The van der Waals surface area contributed by atoms with Gasteiger partial charge in [0.15, 0.2) is 11.5 Å². The molecular weight excluding hydrogens is 323 g/mol. The summed E-state index contributed by atoms with van der Waals surface area (Å²) in [6.45, 7) is 1.75. The fraction of sp³-hybridized carbons (Fsp3) is 0.533. The molecule has 2 heterocycles. The molecule has 0 aromatic carbocycles. The number of nitrogens with one attached hydrogen (secondary N) is 1. The quantitative estimate of drug-likeness (QED) is 0.909. The number of nitrogens with zero attached hydrogens (tertiary/aromatic N) is 4. The fourth-order valence-corrected chi connectivity index (χ4v) is 2.50. The molecule has 1 atom stereocenters. The summed E-state index contributed by atoms with van der Waals surface area (Å²) in [5.74, 6) is -0.321. The van der Waals surface area contributed by atoms with Crippen LogP contribution in [-0.4, -0.2) is 25.5 Å². The van der Waals surface area contributed by atoms with Crippen LogP contribution in [0.1, 0.15) is 37.1 Å². The highest BCUT2D eigenvalue weighted by molar-refractivity contribution is 5.91. The highest BCUT2D eigenvalue weighted by atomic mass is 19.4. The maximum absolute atomic E-state index is 12.9. The highest BCUT2D eigenvalue weighted by Gasteiger charge is 2.38. The summed E-state index contributed by atoms with van der Waals surface area (Å²) in [4.78, 5) is 12.2. The first-order chi connectivity index (χ1) is 11.2. The number of aromatic nitrogens is 4. The summed E-state index contributed by atoms with van der Waals surface area (Å²) in [7, 11) is 1.73. The summed E-state index contributed by atoms with van der Waals surface area (Å²) < 4.78 is 41.5. The Bertz CT molecular complexity index is 745. The number of rotatable bonds is 5. The van der Waals surface area contributed by atoms with Gasteiger partial charge in [-0.2, -0.15) is 23.4 Å². The van der Waals surface area contributed by atoms with Crippen LogP contribution in [-0.2, 0) is 24.6 Å². The van der Waals surface area contributed by atoms with Crippen molar-refractivity contribution in [3.63, 3.8) is 0 Å². The van der Waals surface area contributed by atoms with Crippen molar-refractivity contribution in [3.8, 4) is 0 Å². The Morgan fingerprint density at radius 2 is 2.12 bits per heavy atom. The second-order valence-electron chi connectivity index (χ2n) is 6.17. The normalized spacial score (nSPS) is 16.2. The Morgan fingerprint density at radius 1 is 1.42 bits per heavy atom. The highest BCUT2D eigenvalue weighted by Crippen LogP contribution is 2.42. The second kappa shape index (κ2) is 5.95. The Balaban J connectivity index is 1.72. The van der Waals surface area contributed by atoms with Crippen molar-refractivity contribution in [3.05, 3.63) is 29.7 Å². The van der Waals surface area contributed by atoms with Crippen molar-refractivity contribution in [2.24, 2.45) is 13.0 Å². The molecule has 2 aromatic heterocycles. The van der Waals surface area contributed by atoms with Gasteiger partial charge in [-0.05, 0) is 18.9 Å². The van der Waals surface area contributed by atoms with Crippen LogP contribution in [0.5, 0.6) is 0 Å². The van der Waals surface area contributed by atoms with E-state index < -0.39 is 17.8 Å². The molecule has 1 fully saturated rings. The number of hydrogen-bond donors (Lipinski definition) is 1. The zero-order chi connectivity index (χ0) is 17.5. The van der Waals surface area contributed by atoms with E-state index >= 15 is 0 Å². The summed E-state index contributed by atoms with van der Waals surface area (Å²) in [5.41, 5.74) is -0.346. The molecule has 1 unspecified atom stereocenters. The van der Waals surface area contributed by atoms with Crippen molar-refractivity contribution < 1.29 is 18.0 Å². The van der Waals surface area contributed by atoms with Gasteiger partial charge in [-0.3, -0.25) is 14.2 Å². The molecule has 0 bridgehead atoms. The van der Waals surface area contributed by atoms with E-state index in [1.807, 2.05) is 0 Å². The zero-order valence-electron chi connectivity index (χ0n) is 13.3. The lowest BCUT2D eigenvalue weighted by Crippen LogP contribution is -2.26. The van der Waals surface area contributed by atoms with Crippen LogP contribution in [0.15, 0.2) is 18.3 Å². The Morgan fingerprint density at radius 3 is 2.67 bits per heavy atom. The molecule has 1 amide bonds. The minimum Gasteiger partial charge on any atom is -0.309 e. The number of halogens is 3. The minimum absolute atomic E-state index is 0.0978. The van der Waals surface area contributed by atoms with E-state index in [1.165, 1.54) is 4.68 Å². The van der Waals surface area contributed by atoms with Crippen LogP contribution in [0.2, 0.25) is 0 Å². The molecule has 0 spiro atoms. The average Bonchev–Trinajstić information content (AvgIpc) is 3.11. The van der Waals surface area contributed by atoms with Gasteiger partial charge < -0.3 is 5.32 Å². The third-order valence-corrected chi connectivity index (χ3v) is 3.96. The van der Waals surface area contributed by atoms with Gasteiger partial charge in [-0.15, -0.1) is 0 Å². The van der Waals surface area contributed by atoms with E-state index in [9.17, 15) is 18.0 Å². The molecule has 0 saturated heterocycles. The second-order valence-corrected chi connectivity index (χ2v) is 6.17. The van der Waals surface area contributed by atoms with Crippen molar-refractivity contribution >= 4 is 11.7 Å². The van der Waals surface area contributed by atoms with Crippen LogP contribution in [0.3, 0.4) is 0 Å². The molecule has 9 heteroatoms. The molecule has 2 aromatic rings. The lowest BCUT2D eigenvalue weighted by Gasteiger charge is -2.13. The predicted octanol–water partition coefficient (Wildman–Crippen LogP) is 2.79. The molecule has 0 aliphatic heterocycles. The first-order valence-corrected chi connectivity index (χ1v) is 7.69. The standard InChI is InChI=1S/C15H18F3N5O/c1-9(14(24)19-13-5-6-22(2)21-13)8-23-11(10-3-4-10)7-12(20-23)15(16,17)18/h5-7,9-10H,3-4,8H2,1-2H3,(H,19,21,24). The third kappa shape index (κ3) is 3.60. The number of amides is 1. The number of alkyl halides is 3. The largest absolute Gasteiger partial charge is 0.435 e. The number of aryl methyl sites for hydroxylation is 1. The Labute approximate surface area is 136 Å². The van der Waals surface area contributed by atoms with Gasteiger partial charge >= 0.3 is 6.18 Å². The predicted molar refractivity (Wildman–Crippen MR) is 80.2 cm³/mol. The van der Waals surface area contributed by atoms with E-state index in [-0.39, 0.29) is 18.4 Å². The first-order valence-electron chi connectivity index (χ1n) is 7.69. The number of hydrogen-bond acceptors (Lipinski definition) is 3. The minimum atomic E-state index is -4.48. The van der Waals surface area contributed by atoms with Gasteiger partial charge in [0.1, 0.15) is 0 Å². The van der Waals surface area contributed by atoms with E-state index in [2.05, 4.69) is 15.5 Å². The molecule has 130 valence electrons. The van der Waals surface area contributed by atoms with Crippen LogP contribution in [0.25, 0.3) is 0 Å². The first kappa shape index (κ1) is 16.5. The van der Waals surface area contributed by atoms with Crippen LogP contribution < -0.4 is 5.32 Å². The molecule has 1 saturated carbocycles. The van der Waals surface area contributed by atoms with Crippen molar-refractivity contribution in [2.45, 2.75) is 38.4 Å². The lowest BCUT2D eigenvalue weighted by molar-refractivity contribution is -0.141. The molecule has 3 rings (SSSR count). The Hall–Kier alpha value is -2.32. The summed E-state index contributed by atoms with van der Waals surface area (Å²) in [5, 5.41) is 10.4. The molecule has 0 radical (unpaired) electrons. The molecular formula is C15H18F3N5O. The maximum Gasteiger partial charge on any atom is 0.435 e. The fourth-order valence-electron chi connectivity index (χ4n) is 2.50. The van der Waals surface area contributed by atoms with Gasteiger partial charge in [0.25, 0.3) is 0 Å². The molecule has 1 aliphatic carbocycles. The monoisotopic (exact) mass is 341 g/mol. The number of anilines is 1. The van der Waals surface area contributed by atoms with Gasteiger partial charge in [-0.1, -0.05) is 6.92 Å². The van der Waals surface area contributed by atoms with E-state index in [1.54, 1.807) is 30.9 Å². The van der Waals surface area contributed by atoms with Gasteiger partial charge in [0, 0.05) is 30.9 Å². The molecule has 1 N–H and O–H groups in total. The van der Waals surface area contributed by atoms with E-state index in [0.717, 1.165) is 18.9 Å². The molecule has 24 heavy (non-hydrogen) atoms. The van der Waals surface area contributed by atoms with Gasteiger partial charge in [0.05, 0.1) is 12.5 Å². The van der Waals surface area contributed by atoms with E-state index in [4.69, 9.17) is 0 Å². The number of carbonyl (C=O) groups excluding carboxylic acids is 1. The van der Waals surface area contributed by atoms with Crippen LogP contribution in [0, 0.1) is 5.92 Å². The molecule has 6 nitrogen and oxygen atoms in total. The maximum atomic E-state index is 12.9. The summed E-state index contributed by atoms with van der Waals surface area (Å²) >= 11 is 0. The van der Waals surface area contributed by atoms with Crippen molar-refractivity contribution in [1.29, 1.82) is 0 Å². The third-order valence-electron chi connectivity index (χ3n) is 3.96. The average molecular weight is 341 g/mol. The zero-order valence-corrected chi connectivity index (χ0v) is 13.3. The van der Waals surface area contributed by atoms with Crippen molar-refractivity contribution in [1.82, 2.24) is 19.6 Å². The SMILES string of the molecule is CC(Cn1nc(C(F)(F)F)cc1C1CC1)C(=O)Nc1ccn(C)n1. The summed E-state index contributed by atoms with van der Waals surface area (Å²) in [6, 6.07) is 2.75.